The molecular weight excluding hydrogens is 362 g/mol. The Balaban J connectivity index is 1.74. The summed E-state index contributed by atoms with van der Waals surface area (Å²) < 4.78 is 6.63. The van der Waals surface area contributed by atoms with Crippen LogP contribution >= 0.6 is 11.8 Å². The van der Waals surface area contributed by atoms with Crippen LogP contribution in [0.25, 0.3) is 11.3 Å². The van der Waals surface area contributed by atoms with Crippen molar-refractivity contribution in [3.05, 3.63) is 53.1 Å². The minimum atomic E-state index is -0.327. The summed E-state index contributed by atoms with van der Waals surface area (Å²) in [5, 5.41) is 0.704. The highest BCUT2D eigenvalue weighted by Gasteiger charge is 2.10. The van der Waals surface area contributed by atoms with Gasteiger partial charge >= 0.3 is 5.97 Å². The van der Waals surface area contributed by atoms with E-state index in [0.29, 0.717) is 28.6 Å². The Morgan fingerprint density at radius 1 is 1.22 bits per heavy atom. The van der Waals surface area contributed by atoms with Crippen molar-refractivity contribution in [1.82, 2.24) is 14.5 Å². The zero-order chi connectivity index (χ0) is 19.6. The van der Waals surface area contributed by atoms with E-state index in [9.17, 15) is 9.59 Å². The summed E-state index contributed by atoms with van der Waals surface area (Å²) in [5.74, 6) is 0.557. The number of carbonyl (C=O) groups is 1. The lowest BCUT2D eigenvalue weighted by molar-refractivity contribution is -0.139. The van der Waals surface area contributed by atoms with Crippen LogP contribution < -0.4 is 5.56 Å². The molecule has 2 aromatic heterocycles. The molecule has 0 saturated carbocycles. The predicted octanol–water partition coefficient (Wildman–Crippen LogP) is 3.61. The number of rotatable bonds is 10. The first-order chi connectivity index (χ1) is 13.0. The zero-order valence-electron chi connectivity index (χ0n) is 15.8. The summed E-state index contributed by atoms with van der Waals surface area (Å²) in [6.45, 7) is 5.63. The van der Waals surface area contributed by atoms with Crippen LogP contribution in [-0.2, 0) is 16.6 Å². The molecule has 0 aromatic carbocycles. The Morgan fingerprint density at radius 3 is 2.70 bits per heavy atom. The van der Waals surface area contributed by atoms with Gasteiger partial charge in [-0.2, -0.15) is 0 Å². The van der Waals surface area contributed by atoms with E-state index >= 15 is 0 Å². The molecule has 0 bridgehead atoms. The van der Waals surface area contributed by atoms with Gasteiger partial charge in [-0.1, -0.05) is 37.2 Å². The Kier molecular flexibility index (Phi) is 8.26. The van der Waals surface area contributed by atoms with Gasteiger partial charge in [-0.3, -0.25) is 14.3 Å². The molecule has 27 heavy (non-hydrogen) atoms. The normalized spacial score (nSPS) is 10.6. The lowest BCUT2D eigenvalue weighted by Gasteiger charge is -2.08. The number of esters is 1. The highest BCUT2D eigenvalue weighted by atomic mass is 32.2. The van der Waals surface area contributed by atoms with E-state index in [1.807, 2.05) is 12.1 Å². The van der Waals surface area contributed by atoms with Gasteiger partial charge in [0.25, 0.3) is 5.56 Å². The Morgan fingerprint density at radius 2 is 2.00 bits per heavy atom. The molecule has 0 aliphatic rings. The Bertz CT molecular complexity index is 834. The fourth-order valence-corrected chi connectivity index (χ4v) is 3.31. The summed E-state index contributed by atoms with van der Waals surface area (Å²) >= 11 is 1.57. The minimum absolute atomic E-state index is 0.0921. The van der Waals surface area contributed by atoms with E-state index in [1.54, 1.807) is 48.8 Å². The number of hydrogen-bond acceptors (Lipinski definition) is 6. The SMILES string of the molecule is C=C(C)C(=O)OCCCCCCSc1ncc(-c2ccccn2)c(=O)n1C. The van der Waals surface area contributed by atoms with Crippen LogP contribution in [0.2, 0.25) is 0 Å². The summed E-state index contributed by atoms with van der Waals surface area (Å²) in [4.78, 5) is 32.4. The van der Waals surface area contributed by atoms with Crippen molar-refractivity contribution in [2.45, 2.75) is 37.8 Å². The van der Waals surface area contributed by atoms with Crippen LogP contribution in [0.1, 0.15) is 32.6 Å². The topological polar surface area (TPSA) is 74.1 Å². The lowest BCUT2D eigenvalue weighted by Crippen LogP contribution is -2.21. The average Bonchev–Trinajstić information content (AvgIpc) is 2.67. The molecule has 2 aromatic rings. The molecule has 0 saturated heterocycles. The first kappa shape index (κ1) is 20.9. The molecule has 0 N–H and O–H groups in total. The Hall–Kier alpha value is -2.41. The van der Waals surface area contributed by atoms with Crippen molar-refractivity contribution in [2.75, 3.05) is 12.4 Å². The van der Waals surface area contributed by atoms with Gasteiger partial charge in [0.1, 0.15) is 0 Å². The molecule has 0 aliphatic heterocycles. The maximum Gasteiger partial charge on any atom is 0.333 e. The van der Waals surface area contributed by atoms with E-state index in [4.69, 9.17) is 4.74 Å². The molecule has 0 fully saturated rings. The number of unbranched alkanes of at least 4 members (excludes halogenated alkanes) is 3. The molecule has 0 amide bonds. The van der Waals surface area contributed by atoms with Crippen LogP contribution in [0.3, 0.4) is 0 Å². The quantitative estimate of drug-likeness (QED) is 0.204. The zero-order valence-corrected chi connectivity index (χ0v) is 16.6. The minimum Gasteiger partial charge on any atom is -0.462 e. The fourth-order valence-electron chi connectivity index (χ4n) is 2.37. The van der Waals surface area contributed by atoms with E-state index < -0.39 is 0 Å². The number of carbonyl (C=O) groups excluding carboxylic acids is 1. The smallest absolute Gasteiger partial charge is 0.333 e. The first-order valence-corrected chi connectivity index (χ1v) is 9.92. The third-order valence-corrected chi connectivity index (χ3v) is 5.05. The fraction of sp³-hybridized carbons (Fsp3) is 0.400. The molecule has 7 heteroatoms. The van der Waals surface area contributed by atoms with Crippen LogP contribution in [0.4, 0.5) is 0 Å². The van der Waals surface area contributed by atoms with E-state index in [2.05, 4.69) is 16.5 Å². The molecule has 0 aliphatic carbocycles. The van der Waals surface area contributed by atoms with Gasteiger partial charge in [-0.15, -0.1) is 0 Å². The second-order valence-electron chi connectivity index (χ2n) is 6.21. The molecular formula is C20H25N3O3S. The van der Waals surface area contributed by atoms with Gasteiger partial charge in [0.15, 0.2) is 5.16 Å². The van der Waals surface area contributed by atoms with Gasteiger partial charge in [0.2, 0.25) is 0 Å². The van der Waals surface area contributed by atoms with E-state index in [-0.39, 0.29) is 11.5 Å². The standard InChI is InChI=1S/C20H25N3O3S/c1-15(2)19(25)26-12-8-4-5-9-13-27-20-22-14-16(18(24)23(20)3)17-10-6-7-11-21-17/h6-7,10-11,14H,1,4-5,8-9,12-13H2,2-3H3. The Labute approximate surface area is 163 Å². The largest absolute Gasteiger partial charge is 0.462 e. The average molecular weight is 388 g/mol. The van der Waals surface area contributed by atoms with Gasteiger partial charge < -0.3 is 4.74 Å². The highest BCUT2D eigenvalue weighted by molar-refractivity contribution is 7.99. The number of pyridine rings is 1. The van der Waals surface area contributed by atoms with E-state index in [0.717, 1.165) is 31.4 Å². The van der Waals surface area contributed by atoms with Crippen molar-refractivity contribution < 1.29 is 9.53 Å². The lowest BCUT2D eigenvalue weighted by atomic mass is 10.2. The molecule has 0 atom stereocenters. The number of ether oxygens (including phenoxy) is 1. The van der Waals surface area contributed by atoms with E-state index in [1.165, 1.54) is 0 Å². The first-order valence-electron chi connectivity index (χ1n) is 8.93. The van der Waals surface area contributed by atoms with Crippen molar-refractivity contribution in [1.29, 1.82) is 0 Å². The monoisotopic (exact) mass is 387 g/mol. The maximum absolute atomic E-state index is 12.5. The van der Waals surface area contributed by atoms with Crippen molar-refractivity contribution in [3.8, 4) is 11.3 Å². The highest BCUT2D eigenvalue weighted by Crippen LogP contribution is 2.18. The van der Waals surface area contributed by atoms with Gasteiger partial charge in [-0.05, 0) is 31.9 Å². The molecule has 0 unspecified atom stereocenters. The van der Waals surface area contributed by atoms with Crippen LogP contribution in [0, 0.1) is 0 Å². The summed E-state index contributed by atoms with van der Waals surface area (Å²) in [6.07, 6.45) is 7.16. The molecule has 0 radical (unpaired) electrons. The summed E-state index contributed by atoms with van der Waals surface area (Å²) in [7, 11) is 1.74. The second kappa shape index (κ2) is 10.7. The van der Waals surface area contributed by atoms with Crippen LogP contribution in [0.15, 0.2) is 52.7 Å². The predicted molar refractivity (Wildman–Crippen MR) is 108 cm³/mol. The van der Waals surface area contributed by atoms with Gasteiger partial charge in [-0.25, -0.2) is 9.78 Å². The van der Waals surface area contributed by atoms with Gasteiger partial charge in [0.05, 0.1) is 17.9 Å². The number of thioether (sulfide) groups is 1. The number of aromatic nitrogens is 3. The maximum atomic E-state index is 12.5. The third-order valence-electron chi connectivity index (χ3n) is 3.92. The van der Waals surface area contributed by atoms with Crippen molar-refractivity contribution in [2.24, 2.45) is 7.05 Å². The molecule has 144 valence electrons. The summed E-state index contributed by atoms with van der Waals surface area (Å²) in [6, 6.07) is 5.47. The number of hydrogen-bond donors (Lipinski definition) is 0. The van der Waals surface area contributed by atoms with Crippen molar-refractivity contribution >= 4 is 17.7 Å². The van der Waals surface area contributed by atoms with Crippen LogP contribution in [-0.4, -0.2) is 32.9 Å². The molecule has 2 rings (SSSR count). The number of nitrogens with zero attached hydrogens (tertiary/aromatic N) is 3. The second-order valence-corrected chi connectivity index (χ2v) is 7.27. The molecule has 2 heterocycles. The van der Waals surface area contributed by atoms with Crippen molar-refractivity contribution in [3.63, 3.8) is 0 Å². The third kappa shape index (κ3) is 6.36. The van der Waals surface area contributed by atoms with Crippen LogP contribution in [0.5, 0.6) is 0 Å². The summed E-state index contributed by atoms with van der Waals surface area (Å²) in [5.41, 5.74) is 1.48. The molecule has 0 spiro atoms. The molecule has 6 nitrogen and oxygen atoms in total. The van der Waals surface area contributed by atoms with Gasteiger partial charge in [0, 0.05) is 30.8 Å².